The van der Waals surface area contributed by atoms with Crippen LogP contribution >= 0.6 is 11.3 Å². The van der Waals surface area contributed by atoms with Gasteiger partial charge in [0, 0.05) is 29.3 Å². The Kier molecular flexibility index (Phi) is 6.09. The molecule has 0 fully saturated rings. The number of ether oxygens (including phenoxy) is 2. The van der Waals surface area contributed by atoms with Gasteiger partial charge in [-0.1, -0.05) is 0 Å². The van der Waals surface area contributed by atoms with Crippen LogP contribution in [-0.4, -0.2) is 29.9 Å². The zero-order valence-electron chi connectivity index (χ0n) is 16.6. The predicted octanol–water partition coefficient (Wildman–Crippen LogP) is 4.75. The number of Topliss-reactive ketones (excluding diaryl/α,β-unsaturated/α-hetero) is 1. The number of nitrogens with one attached hydrogen (secondary N) is 1. The third kappa shape index (κ3) is 4.86. The number of amides is 1. The van der Waals surface area contributed by atoms with Gasteiger partial charge >= 0.3 is 0 Å². The molecular formula is C23H22N2O4S. The number of rotatable bonds is 8. The van der Waals surface area contributed by atoms with Crippen molar-refractivity contribution in [1.82, 2.24) is 4.98 Å². The van der Waals surface area contributed by atoms with Gasteiger partial charge in [0.25, 0.3) is 0 Å². The van der Waals surface area contributed by atoms with E-state index in [1.54, 1.807) is 24.3 Å². The molecule has 0 atom stereocenters. The molecule has 1 aliphatic rings. The fourth-order valence-electron chi connectivity index (χ4n) is 3.20. The number of benzene rings is 2. The number of aromatic nitrogens is 1. The van der Waals surface area contributed by atoms with Crippen LogP contribution in [0.3, 0.4) is 0 Å². The van der Waals surface area contributed by atoms with Crippen LogP contribution in [0.5, 0.6) is 11.5 Å². The van der Waals surface area contributed by atoms with Crippen molar-refractivity contribution in [3.8, 4) is 22.8 Å². The molecule has 3 aromatic rings. The van der Waals surface area contributed by atoms with Crippen molar-refractivity contribution in [2.45, 2.75) is 26.2 Å². The molecular weight excluding hydrogens is 400 g/mol. The highest BCUT2D eigenvalue weighted by atomic mass is 32.1. The van der Waals surface area contributed by atoms with Crippen molar-refractivity contribution < 1.29 is 19.1 Å². The molecule has 30 heavy (non-hydrogen) atoms. The van der Waals surface area contributed by atoms with E-state index in [1.165, 1.54) is 23.8 Å². The average molecular weight is 423 g/mol. The Bertz CT molecular complexity index is 1060. The van der Waals surface area contributed by atoms with Crippen molar-refractivity contribution in [2.24, 2.45) is 0 Å². The largest absolute Gasteiger partial charge is 0.494 e. The predicted molar refractivity (Wildman–Crippen MR) is 117 cm³/mol. The first kappa shape index (κ1) is 20.1. The minimum absolute atomic E-state index is 0.0220. The molecule has 0 aliphatic carbocycles. The van der Waals surface area contributed by atoms with Gasteiger partial charge in [-0.2, -0.15) is 0 Å². The molecule has 1 amide bonds. The zero-order chi connectivity index (χ0) is 20.9. The number of fused-ring (bicyclic) bond motifs is 1. The lowest BCUT2D eigenvalue weighted by Gasteiger charge is -2.06. The maximum atomic E-state index is 12.2. The molecule has 1 aliphatic heterocycles. The first-order chi connectivity index (χ1) is 14.6. The minimum Gasteiger partial charge on any atom is -0.494 e. The number of carbonyl (C=O) groups is 2. The van der Waals surface area contributed by atoms with Crippen LogP contribution in [0.4, 0.5) is 5.13 Å². The Hall–Kier alpha value is -3.19. The molecule has 0 unspecified atom stereocenters. The van der Waals surface area contributed by atoms with Crippen molar-refractivity contribution in [1.29, 1.82) is 0 Å². The zero-order valence-corrected chi connectivity index (χ0v) is 17.5. The molecule has 1 aromatic heterocycles. The SMILES string of the molecule is CC(=O)c1ccc(OCCCC(=O)Nc2nc(-c3ccc4c(c3)CCO4)cs2)cc1. The molecule has 6 nitrogen and oxygen atoms in total. The molecule has 0 radical (unpaired) electrons. The molecule has 0 spiro atoms. The number of ketones is 1. The Morgan fingerprint density at radius 3 is 2.83 bits per heavy atom. The van der Waals surface area contributed by atoms with Gasteiger partial charge in [0.1, 0.15) is 11.5 Å². The normalized spacial score (nSPS) is 12.2. The van der Waals surface area contributed by atoms with Gasteiger partial charge < -0.3 is 14.8 Å². The monoisotopic (exact) mass is 422 g/mol. The average Bonchev–Trinajstić information content (AvgIpc) is 3.40. The molecule has 0 saturated carbocycles. The van der Waals surface area contributed by atoms with E-state index in [1.807, 2.05) is 17.5 Å². The Morgan fingerprint density at radius 1 is 1.20 bits per heavy atom. The van der Waals surface area contributed by atoms with Gasteiger partial charge in [-0.25, -0.2) is 4.98 Å². The molecule has 154 valence electrons. The fraction of sp³-hybridized carbons (Fsp3) is 0.261. The van der Waals surface area contributed by atoms with Gasteiger partial charge in [0.2, 0.25) is 5.91 Å². The summed E-state index contributed by atoms with van der Waals surface area (Å²) < 4.78 is 11.2. The van der Waals surface area contributed by atoms with Crippen LogP contribution in [0.2, 0.25) is 0 Å². The number of hydrogen-bond donors (Lipinski definition) is 1. The maximum absolute atomic E-state index is 12.2. The van der Waals surface area contributed by atoms with E-state index < -0.39 is 0 Å². The Labute approximate surface area is 178 Å². The van der Waals surface area contributed by atoms with Gasteiger partial charge in [-0.15, -0.1) is 11.3 Å². The van der Waals surface area contributed by atoms with Crippen LogP contribution in [0, 0.1) is 0 Å². The first-order valence-corrected chi connectivity index (χ1v) is 10.7. The Balaban J connectivity index is 1.23. The quantitative estimate of drug-likeness (QED) is 0.419. The first-order valence-electron chi connectivity index (χ1n) is 9.84. The van der Waals surface area contributed by atoms with E-state index in [0.717, 1.165) is 30.0 Å². The number of thiazole rings is 1. The van der Waals surface area contributed by atoms with Crippen LogP contribution in [0.25, 0.3) is 11.3 Å². The lowest BCUT2D eigenvalue weighted by Crippen LogP contribution is -2.12. The van der Waals surface area contributed by atoms with Crippen LogP contribution in [0.1, 0.15) is 35.7 Å². The number of nitrogens with zero attached hydrogens (tertiary/aromatic N) is 1. The molecule has 0 saturated heterocycles. The molecule has 2 aromatic carbocycles. The second-order valence-corrected chi connectivity index (χ2v) is 7.90. The molecule has 7 heteroatoms. The third-order valence-corrected chi connectivity index (χ3v) is 5.57. The van der Waals surface area contributed by atoms with E-state index in [-0.39, 0.29) is 11.7 Å². The van der Waals surface area contributed by atoms with Crippen molar-refractivity contribution in [2.75, 3.05) is 18.5 Å². The van der Waals surface area contributed by atoms with E-state index in [2.05, 4.69) is 16.4 Å². The van der Waals surface area contributed by atoms with Crippen molar-refractivity contribution >= 4 is 28.2 Å². The van der Waals surface area contributed by atoms with Crippen molar-refractivity contribution in [3.05, 3.63) is 59.0 Å². The van der Waals surface area contributed by atoms with E-state index in [9.17, 15) is 9.59 Å². The molecule has 2 heterocycles. The number of carbonyl (C=O) groups excluding carboxylic acids is 2. The molecule has 0 bridgehead atoms. The standard InChI is InChI=1S/C23H22N2O4S/c1-15(26)16-4-7-19(8-5-16)28-11-2-3-22(27)25-23-24-20(14-30-23)17-6-9-21-18(13-17)10-12-29-21/h4-9,13-14H,2-3,10-12H2,1H3,(H,24,25,27). The van der Waals surface area contributed by atoms with Crippen molar-refractivity contribution in [3.63, 3.8) is 0 Å². The summed E-state index contributed by atoms with van der Waals surface area (Å²) in [5.74, 6) is 1.56. The summed E-state index contributed by atoms with van der Waals surface area (Å²) in [7, 11) is 0. The summed E-state index contributed by atoms with van der Waals surface area (Å²) >= 11 is 1.41. The Morgan fingerprint density at radius 2 is 2.03 bits per heavy atom. The van der Waals surface area contributed by atoms with E-state index in [0.29, 0.717) is 35.9 Å². The molecule has 4 rings (SSSR count). The van der Waals surface area contributed by atoms with Crippen LogP contribution in [-0.2, 0) is 11.2 Å². The topological polar surface area (TPSA) is 77.5 Å². The van der Waals surface area contributed by atoms with Crippen LogP contribution in [0.15, 0.2) is 47.8 Å². The van der Waals surface area contributed by atoms with Gasteiger partial charge in [0.05, 0.1) is 18.9 Å². The summed E-state index contributed by atoms with van der Waals surface area (Å²) in [4.78, 5) is 28.0. The smallest absolute Gasteiger partial charge is 0.226 e. The lowest BCUT2D eigenvalue weighted by atomic mass is 10.1. The summed E-state index contributed by atoms with van der Waals surface area (Å²) in [6, 6.07) is 13.1. The number of hydrogen-bond acceptors (Lipinski definition) is 6. The maximum Gasteiger partial charge on any atom is 0.226 e. The highest BCUT2D eigenvalue weighted by molar-refractivity contribution is 7.14. The second kappa shape index (κ2) is 9.09. The highest BCUT2D eigenvalue weighted by Gasteiger charge is 2.14. The highest BCUT2D eigenvalue weighted by Crippen LogP contribution is 2.32. The van der Waals surface area contributed by atoms with E-state index in [4.69, 9.17) is 9.47 Å². The summed E-state index contributed by atoms with van der Waals surface area (Å²) in [6.07, 6.45) is 1.85. The van der Waals surface area contributed by atoms with Gasteiger partial charge in [0.15, 0.2) is 10.9 Å². The van der Waals surface area contributed by atoms with Gasteiger partial charge in [-0.05, 0) is 61.4 Å². The van der Waals surface area contributed by atoms with Gasteiger partial charge in [-0.3, -0.25) is 9.59 Å². The molecule has 1 N–H and O–H groups in total. The summed E-state index contributed by atoms with van der Waals surface area (Å²) in [6.45, 7) is 2.68. The fourth-order valence-corrected chi connectivity index (χ4v) is 3.94. The second-order valence-electron chi connectivity index (χ2n) is 7.04. The van der Waals surface area contributed by atoms with Crippen LogP contribution < -0.4 is 14.8 Å². The number of anilines is 1. The lowest BCUT2D eigenvalue weighted by molar-refractivity contribution is -0.116. The summed E-state index contributed by atoms with van der Waals surface area (Å²) in [5, 5.41) is 5.39. The third-order valence-electron chi connectivity index (χ3n) is 4.81. The van der Waals surface area contributed by atoms with E-state index >= 15 is 0 Å². The minimum atomic E-state index is -0.0891. The summed E-state index contributed by atoms with van der Waals surface area (Å²) in [5.41, 5.74) is 3.72.